The molecule has 3 rings (SSSR count). The average molecular weight is 289 g/mol. The third kappa shape index (κ3) is 3.74. The molecule has 2 fully saturated rings. The molecule has 1 aliphatic carbocycles. The van der Waals surface area contributed by atoms with Crippen LogP contribution in [0.25, 0.3) is 0 Å². The molecular weight excluding hydrogens is 262 g/mol. The molecule has 1 aromatic heterocycles. The zero-order chi connectivity index (χ0) is 14.5. The molecule has 1 saturated carbocycles. The normalized spacial score (nSPS) is 29.5. The minimum absolute atomic E-state index is 0.649. The Morgan fingerprint density at radius 3 is 2.86 bits per heavy atom. The van der Waals surface area contributed by atoms with Gasteiger partial charge in [0, 0.05) is 30.9 Å². The van der Waals surface area contributed by atoms with Crippen molar-refractivity contribution in [3.05, 3.63) is 23.9 Å². The SMILES string of the molecule is COc1ccc(CNC2CCCCC2C2CCCN2)cn1. The van der Waals surface area contributed by atoms with Gasteiger partial charge in [-0.2, -0.15) is 0 Å². The number of hydrogen-bond acceptors (Lipinski definition) is 4. The molecule has 1 aliphatic heterocycles. The Labute approximate surface area is 127 Å². The number of ether oxygens (including phenoxy) is 1. The smallest absolute Gasteiger partial charge is 0.212 e. The zero-order valence-electron chi connectivity index (χ0n) is 13.0. The second kappa shape index (κ2) is 7.23. The second-order valence-corrected chi connectivity index (χ2v) is 6.35. The summed E-state index contributed by atoms with van der Waals surface area (Å²) < 4.78 is 5.11. The molecule has 0 bridgehead atoms. The lowest BCUT2D eigenvalue weighted by Crippen LogP contribution is -2.46. The van der Waals surface area contributed by atoms with Crippen LogP contribution in [0.3, 0.4) is 0 Å². The monoisotopic (exact) mass is 289 g/mol. The minimum Gasteiger partial charge on any atom is -0.481 e. The highest BCUT2D eigenvalue weighted by Crippen LogP contribution is 2.30. The first-order valence-corrected chi connectivity index (χ1v) is 8.32. The number of nitrogens with one attached hydrogen (secondary N) is 2. The van der Waals surface area contributed by atoms with Crippen molar-refractivity contribution in [2.24, 2.45) is 5.92 Å². The lowest BCUT2D eigenvalue weighted by molar-refractivity contribution is 0.213. The molecule has 0 amide bonds. The molecule has 2 N–H and O–H groups in total. The molecule has 21 heavy (non-hydrogen) atoms. The molecule has 1 aromatic rings. The topological polar surface area (TPSA) is 46.2 Å². The summed E-state index contributed by atoms with van der Waals surface area (Å²) in [5.41, 5.74) is 1.24. The Morgan fingerprint density at radius 2 is 2.14 bits per heavy atom. The first kappa shape index (κ1) is 14.8. The van der Waals surface area contributed by atoms with Gasteiger partial charge in [-0.1, -0.05) is 18.9 Å². The fourth-order valence-electron chi connectivity index (χ4n) is 3.86. The lowest BCUT2D eigenvalue weighted by Gasteiger charge is -2.36. The number of hydrogen-bond donors (Lipinski definition) is 2. The molecule has 4 heteroatoms. The maximum atomic E-state index is 5.11. The van der Waals surface area contributed by atoms with Crippen LogP contribution in [0.1, 0.15) is 44.1 Å². The van der Waals surface area contributed by atoms with E-state index in [4.69, 9.17) is 4.74 Å². The molecule has 0 radical (unpaired) electrons. The highest BCUT2D eigenvalue weighted by molar-refractivity contribution is 5.17. The van der Waals surface area contributed by atoms with Crippen LogP contribution >= 0.6 is 0 Å². The zero-order valence-corrected chi connectivity index (χ0v) is 13.0. The summed E-state index contributed by atoms with van der Waals surface area (Å²) >= 11 is 0. The molecule has 2 aliphatic rings. The Morgan fingerprint density at radius 1 is 1.24 bits per heavy atom. The Bertz CT molecular complexity index is 428. The van der Waals surface area contributed by atoms with Gasteiger partial charge >= 0.3 is 0 Å². The van der Waals surface area contributed by atoms with Gasteiger partial charge < -0.3 is 15.4 Å². The van der Waals surface area contributed by atoms with Crippen molar-refractivity contribution in [3.63, 3.8) is 0 Å². The van der Waals surface area contributed by atoms with Crippen LogP contribution in [0.15, 0.2) is 18.3 Å². The quantitative estimate of drug-likeness (QED) is 0.874. The largest absolute Gasteiger partial charge is 0.481 e. The van der Waals surface area contributed by atoms with Crippen LogP contribution in [0.5, 0.6) is 5.88 Å². The Kier molecular flexibility index (Phi) is 5.09. The summed E-state index contributed by atoms with van der Waals surface area (Å²) in [5.74, 6) is 1.48. The highest BCUT2D eigenvalue weighted by atomic mass is 16.5. The van der Waals surface area contributed by atoms with Gasteiger partial charge in [-0.3, -0.25) is 0 Å². The minimum atomic E-state index is 0.649. The molecule has 2 heterocycles. The molecule has 1 saturated heterocycles. The summed E-state index contributed by atoms with van der Waals surface area (Å²) in [6.07, 6.45) is 10.1. The van der Waals surface area contributed by atoms with E-state index in [2.05, 4.69) is 21.7 Å². The first-order chi connectivity index (χ1) is 10.4. The summed E-state index contributed by atoms with van der Waals surface area (Å²) in [4.78, 5) is 4.28. The molecule has 3 unspecified atom stereocenters. The van der Waals surface area contributed by atoms with Gasteiger partial charge in [0.2, 0.25) is 5.88 Å². The standard InChI is InChI=1S/C17H27N3O/c1-21-17-9-8-13(12-20-17)11-19-16-6-3-2-5-14(16)15-7-4-10-18-15/h8-9,12,14-16,18-19H,2-7,10-11H2,1H3. The van der Waals surface area contributed by atoms with Crippen molar-refractivity contribution in [3.8, 4) is 5.88 Å². The third-order valence-electron chi connectivity index (χ3n) is 5.01. The third-order valence-corrected chi connectivity index (χ3v) is 5.01. The van der Waals surface area contributed by atoms with Crippen LogP contribution in [0, 0.1) is 5.92 Å². The van der Waals surface area contributed by atoms with Gasteiger partial charge in [0.25, 0.3) is 0 Å². The van der Waals surface area contributed by atoms with E-state index in [1.165, 1.54) is 50.6 Å². The predicted molar refractivity (Wildman–Crippen MR) is 84.4 cm³/mol. The van der Waals surface area contributed by atoms with E-state index in [-0.39, 0.29) is 0 Å². The lowest BCUT2D eigenvalue weighted by atomic mass is 9.79. The van der Waals surface area contributed by atoms with Gasteiger partial charge in [-0.25, -0.2) is 4.98 Å². The van der Waals surface area contributed by atoms with Gasteiger partial charge in [0.1, 0.15) is 0 Å². The van der Waals surface area contributed by atoms with Gasteiger partial charge in [0.05, 0.1) is 7.11 Å². The summed E-state index contributed by atoms with van der Waals surface area (Å²) in [7, 11) is 1.65. The van der Waals surface area contributed by atoms with Crippen molar-refractivity contribution in [1.82, 2.24) is 15.6 Å². The van der Waals surface area contributed by atoms with Gasteiger partial charge in [-0.05, 0) is 43.7 Å². The Balaban J connectivity index is 1.56. The van der Waals surface area contributed by atoms with Crippen LogP contribution in [-0.4, -0.2) is 30.7 Å². The number of rotatable bonds is 5. The van der Waals surface area contributed by atoms with E-state index in [0.717, 1.165) is 18.5 Å². The molecule has 116 valence electrons. The highest BCUT2D eigenvalue weighted by Gasteiger charge is 2.32. The van der Waals surface area contributed by atoms with E-state index in [0.29, 0.717) is 11.9 Å². The van der Waals surface area contributed by atoms with Gasteiger partial charge in [0.15, 0.2) is 0 Å². The summed E-state index contributed by atoms with van der Waals surface area (Å²) in [5, 5.41) is 7.48. The van der Waals surface area contributed by atoms with Crippen LogP contribution < -0.4 is 15.4 Å². The maximum Gasteiger partial charge on any atom is 0.212 e. The van der Waals surface area contributed by atoms with Crippen LogP contribution in [-0.2, 0) is 6.54 Å². The van der Waals surface area contributed by atoms with Crippen LogP contribution in [0.4, 0.5) is 0 Å². The van der Waals surface area contributed by atoms with Crippen molar-refractivity contribution >= 4 is 0 Å². The average Bonchev–Trinajstić information content (AvgIpc) is 3.08. The molecule has 3 atom stereocenters. The van der Waals surface area contributed by atoms with E-state index < -0.39 is 0 Å². The number of methoxy groups -OCH3 is 1. The molecular formula is C17H27N3O. The number of aromatic nitrogens is 1. The fourth-order valence-corrected chi connectivity index (χ4v) is 3.86. The molecule has 4 nitrogen and oxygen atoms in total. The fraction of sp³-hybridized carbons (Fsp3) is 0.706. The van der Waals surface area contributed by atoms with E-state index in [1.54, 1.807) is 7.11 Å². The molecule has 0 spiro atoms. The van der Waals surface area contributed by atoms with Crippen molar-refractivity contribution in [1.29, 1.82) is 0 Å². The molecule has 0 aromatic carbocycles. The second-order valence-electron chi connectivity index (χ2n) is 6.35. The van der Waals surface area contributed by atoms with E-state index in [1.807, 2.05) is 12.3 Å². The maximum absolute atomic E-state index is 5.11. The number of nitrogens with zero attached hydrogens (tertiary/aromatic N) is 1. The predicted octanol–water partition coefficient (Wildman–Crippen LogP) is 2.49. The first-order valence-electron chi connectivity index (χ1n) is 8.32. The summed E-state index contributed by atoms with van der Waals surface area (Å²) in [6, 6.07) is 5.42. The Hall–Kier alpha value is -1.13. The van der Waals surface area contributed by atoms with E-state index in [9.17, 15) is 0 Å². The summed E-state index contributed by atoms with van der Waals surface area (Å²) in [6.45, 7) is 2.11. The van der Waals surface area contributed by atoms with Gasteiger partial charge in [-0.15, -0.1) is 0 Å². The van der Waals surface area contributed by atoms with Crippen molar-refractivity contribution in [2.45, 2.75) is 57.2 Å². The van der Waals surface area contributed by atoms with Crippen LogP contribution in [0.2, 0.25) is 0 Å². The van der Waals surface area contributed by atoms with E-state index >= 15 is 0 Å². The number of pyridine rings is 1. The van der Waals surface area contributed by atoms with Crippen molar-refractivity contribution in [2.75, 3.05) is 13.7 Å². The van der Waals surface area contributed by atoms with Crippen molar-refractivity contribution < 1.29 is 4.74 Å².